The lowest BCUT2D eigenvalue weighted by Crippen LogP contribution is -2.36. The lowest BCUT2D eigenvalue weighted by molar-refractivity contribution is 0.0720. The van der Waals surface area contributed by atoms with Crippen LogP contribution in [0.25, 0.3) is 0 Å². The molecule has 1 amide bonds. The van der Waals surface area contributed by atoms with Crippen molar-refractivity contribution >= 4 is 15.9 Å². The molecular weight excluding hydrogens is 416 g/mol. The molecule has 1 heterocycles. The Kier molecular flexibility index (Phi) is 7.56. The summed E-state index contributed by atoms with van der Waals surface area (Å²) in [6.45, 7) is 5.32. The van der Waals surface area contributed by atoms with Gasteiger partial charge in [0.25, 0.3) is 5.91 Å². The number of sulfonamides is 1. The summed E-state index contributed by atoms with van der Waals surface area (Å²) in [5.41, 5.74) is 1.04. The quantitative estimate of drug-likeness (QED) is 0.670. The van der Waals surface area contributed by atoms with Gasteiger partial charge in [-0.3, -0.25) is 4.79 Å². The Balaban J connectivity index is 1.78. The van der Waals surface area contributed by atoms with Gasteiger partial charge in [0.1, 0.15) is 11.5 Å². The Bertz CT molecular complexity index is 1010. The summed E-state index contributed by atoms with van der Waals surface area (Å²) in [5, 5.41) is 0. The molecule has 0 bridgehead atoms. The summed E-state index contributed by atoms with van der Waals surface area (Å²) in [6.07, 6.45) is 3.03. The molecule has 0 unspecified atom stereocenters. The van der Waals surface area contributed by atoms with E-state index in [9.17, 15) is 13.2 Å². The molecule has 0 saturated carbocycles. The number of nitrogens with one attached hydrogen (secondary N) is 1. The van der Waals surface area contributed by atoms with E-state index in [1.807, 2.05) is 38.1 Å². The number of benzene rings is 2. The summed E-state index contributed by atoms with van der Waals surface area (Å²) < 4.78 is 39.4. The average Bonchev–Trinajstić information content (AvgIpc) is 2.77. The second kappa shape index (κ2) is 10.2. The van der Waals surface area contributed by atoms with E-state index in [-0.39, 0.29) is 29.0 Å². The van der Waals surface area contributed by atoms with Crippen molar-refractivity contribution in [3.63, 3.8) is 0 Å². The molecule has 8 heteroatoms. The molecule has 2 aromatic rings. The Labute approximate surface area is 184 Å². The number of carbonyl (C=O) groups excluding carboxylic acids is 1. The van der Waals surface area contributed by atoms with Gasteiger partial charge in [0.2, 0.25) is 10.0 Å². The van der Waals surface area contributed by atoms with Crippen LogP contribution < -0.4 is 14.2 Å². The van der Waals surface area contributed by atoms with Crippen molar-refractivity contribution in [2.45, 2.75) is 50.7 Å². The van der Waals surface area contributed by atoms with Crippen LogP contribution in [0, 0.1) is 0 Å². The van der Waals surface area contributed by atoms with E-state index >= 15 is 0 Å². The van der Waals surface area contributed by atoms with Gasteiger partial charge in [0.05, 0.1) is 23.7 Å². The molecule has 7 nitrogen and oxygen atoms in total. The molecule has 0 aromatic heterocycles. The smallest absolute Gasteiger partial charge is 0.257 e. The number of piperidine rings is 1. The maximum atomic E-state index is 13.0. The predicted octanol–water partition coefficient (Wildman–Crippen LogP) is 3.59. The van der Waals surface area contributed by atoms with Crippen molar-refractivity contribution in [1.29, 1.82) is 0 Å². The third-order valence-corrected chi connectivity index (χ3v) is 6.49. The molecule has 1 aliphatic rings. The van der Waals surface area contributed by atoms with Gasteiger partial charge in [-0.1, -0.05) is 12.1 Å². The zero-order valence-electron chi connectivity index (χ0n) is 18.3. The van der Waals surface area contributed by atoms with Gasteiger partial charge in [-0.2, -0.15) is 0 Å². The minimum Gasteiger partial charge on any atom is -0.496 e. The summed E-state index contributed by atoms with van der Waals surface area (Å²) in [5.74, 6) is 0.853. The standard InChI is InChI=1S/C23H30N2O5S/c1-17(2)30-19-9-7-8-18(14-19)16-24-31(27,28)20-10-11-22(29-3)21(15-20)23(26)25-12-5-4-6-13-25/h7-11,14-15,17,24H,4-6,12-13,16H2,1-3H3. The first-order valence-corrected chi connectivity index (χ1v) is 12.0. The summed E-state index contributed by atoms with van der Waals surface area (Å²) in [6, 6.07) is 11.7. The van der Waals surface area contributed by atoms with E-state index in [0.29, 0.717) is 24.6 Å². The van der Waals surface area contributed by atoms with Crippen LogP contribution in [0.2, 0.25) is 0 Å². The highest BCUT2D eigenvalue weighted by Crippen LogP contribution is 2.25. The van der Waals surface area contributed by atoms with Crippen molar-refractivity contribution in [2.75, 3.05) is 20.2 Å². The molecule has 1 N–H and O–H groups in total. The number of ether oxygens (including phenoxy) is 2. The van der Waals surface area contributed by atoms with Gasteiger partial charge < -0.3 is 14.4 Å². The summed E-state index contributed by atoms with van der Waals surface area (Å²) in [4.78, 5) is 14.8. The van der Waals surface area contributed by atoms with E-state index in [4.69, 9.17) is 9.47 Å². The van der Waals surface area contributed by atoms with Crippen LogP contribution in [0.3, 0.4) is 0 Å². The molecule has 1 aliphatic heterocycles. The predicted molar refractivity (Wildman–Crippen MR) is 119 cm³/mol. The first-order valence-electron chi connectivity index (χ1n) is 10.5. The molecule has 1 fully saturated rings. The van der Waals surface area contributed by atoms with Crippen molar-refractivity contribution in [1.82, 2.24) is 9.62 Å². The Morgan fingerprint density at radius 2 is 1.84 bits per heavy atom. The molecule has 0 spiro atoms. The monoisotopic (exact) mass is 446 g/mol. The van der Waals surface area contributed by atoms with Gasteiger partial charge in [0, 0.05) is 19.6 Å². The summed E-state index contributed by atoms with van der Waals surface area (Å²) >= 11 is 0. The van der Waals surface area contributed by atoms with Crippen LogP contribution in [0.1, 0.15) is 49.0 Å². The first kappa shape index (κ1) is 23.1. The number of nitrogens with zero attached hydrogens (tertiary/aromatic N) is 1. The van der Waals surface area contributed by atoms with Crippen LogP contribution in [-0.2, 0) is 16.6 Å². The fourth-order valence-electron chi connectivity index (χ4n) is 3.55. The average molecular weight is 447 g/mol. The molecule has 168 valence electrons. The first-order chi connectivity index (χ1) is 14.8. The molecule has 1 saturated heterocycles. The third kappa shape index (κ3) is 5.98. The number of rotatable bonds is 8. The molecule has 31 heavy (non-hydrogen) atoms. The fourth-order valence-corrected chi connectivity index (χ4v) is 4.59. The molecule has 3 rings (SSSR count). The number of methoxy groups -OCH3 is 1. The molecule has 0 aliphatic carbocycles. The molecule has 0 atom stereocenters. The minimum absolute atomic E-state index is 0.0297. The van der Waals surface area contributed by atoms with Gasteiger partial charge >= 0.3 is 0 Å². The second-order valence-corrected chi connectivity index (χ2v) is 9.62. The van der Waals surface area contributed by atoms with Crippen LogP contribution in [0.15, 0.2) is 47.4 Å². The van der Waals surface area contributed by atoms with Crippen LogP contribution >= 0.6 is 0 Å². The Morgan fingerprint density at radius 3 is 2.52 bits per heavy atom. The van der Waals surface area contributed by atoms with E-state index in [1.54, 1.807) is 4.90 Å². The molecule has 0 radical (unpaired) electrons. The van der Waals surface area contributed by atoms with Crippen LogP contribution in [0.5, 0.6) is 11.5 Å². The van der Waals surface area contributed by atoms with Gasteiger partial charge in [0.15, 0.2) is 0 Å². The topological polar surface area (TPSA) is 84.9 Å². The largest absolute Gasteiger partial charge is 0.496 e. The minimum atomic E-state index is -3.82. The SMILES string of the molecule is COc1ccc(S(=O)(=O)NCc2cccc(OC(C)C)c2)cc1C(=O)N1CCCCC1. The molecular formula is C23H30N2O5S. The Hall–Kier alpha value is -2.58. The maximum absolute atomic E-state index is 13.0. The van der Waals surface area contributed by atoms with E-state index in [1.165, 1.54) is 25.3 Å². The van der Waals surface area contributed by atoms with Gasteiger partial charge in [-0.25, -0.2) is 13.1 Å². The van der Waals surface area contributed by atoms with Gasteiger partial charge in [-0.05, 0) is 69.0 Å². The lowest BCUT2D eigenvalue weighted by Gasteiger charge is -2.27. The normalized spacial score (nSPS) is 14.5. The maximum Gasteiger partial charge on any atom is 0.257 e. The fraction of sp³-hybridized carbons (Fsp3) is 0.435. The second-order valence-electron chi connectivity index (χ2n) is 7.85. The highest BCUT2D eigenvalue weighted by atomic mass is 32.2. The van der Waals surface area contributed by atoms with Crippen molar-refractivity contribution in [2.24, 2.45) is 0 Å². The molecule has 2 aromatic carbocycles. The van der Waals surface area contributed by atoms with Crippen LogP contribution in [0.4, 0.5) is 0 Å². The zero-order chi connectivity index (χ0) is 22.4. The van der Waals surface area contributed by atoms with E-state index < -0.39 is 10.0 Å². The number of hydrogen-bond acceptors (Lipinski definition) is 5. The van der Waals surface area contributed by atoms with Crippen LogP contribution in [-0.4, -0.2) is 45.5 Å². The lowest BCUT2D eigenvalue weighted by atomic mass is 10.1. The summed E-state index contributed by atoms with van der Waals surface area (Å²) in [7, 11) is -2.35. The number of likely N-dealkylation sites (tertiary alicyclic amines) is 1. The number of amides is 1. The number of carbonyl (C=O) groups is 1. The van der Waals surface area contributed by atoms with Crippen molar-refractivity contribution in [3.8, 4) is 11.5 Å². The van der Waals surface area contributed by atoms with Crippen molar-refractivity contribution < 1.29 is 22.7 Å². The van der Waals surface area contributed by atoms with E-state index in [0.717, 1.165) is 24.8 Å². The highest BCUT2D eigenvalue weighted by molar-refractivity contribution is 7.89. The highest BCUT2D eigenvalue weighted by Gasteiger charge is 2.24. The third-order valence-electron chi connectivity index (χ3n) is 5.09. The zero-order valence-corrected chi connectivity index (χ0v) is 19.1. The Morgan fingerprint density at radius 1 is 1.10 bits per heavy atom. The van der Waals surface area contributed by atoms with E-state index in [2.05, 4.69) is 4.72 Å². The van der Waals surface area contributed by atoms with Gasteiger partial charge in [-0.15, -0.1) is 0 Å². The number of hydrogen-bond donors (Lipinski definition) is 1. The van der Waals surface area contributed by atoms with Crippen molar-refractivity contribution in [3.05, 3.63) is 53.6 Å².